The largest absolute Gasteiger partial charge is 0.575 e. The van der Waals surface area contributed by atoms with Gasteiger partial charge in [-0.25, -0.2) is 4.79 Å². The molecule has 0 aromatic rings. The highest BCUT2D eigenvalue weighted by molar-refractivity contribution is 5.88. The number of hydrogen-bond acceptors (Lipinski definition) is 2. The van der Waals surface area contributed by atoms with Gasteiger partial charge in [0.2, 0.25) is 0 Å². The molecule has 0 atom stereocenters. The van der Waals surface area contributed by atoms with Crippen LogP contribution in [0.25, 0.3) is 0 Å². The average Bonchev–Trinajstić information content (AvgIpc) is 2.24. The maximum absolute atomic E-state index is 12.1. The third kappa shape index (κ3) is 2.39. The van der Waals surface area contributed by atoms with Gasteiger partial charge in [0.25, 0.3) is 0 Å². The molecule has 0 heterocycles. The van der Waals surface area contributed by atoms with Crippen LogP contribution in [0, 0.1) is 29.6 Å². The summed E-state index contributed by atoms with van der Waals surface area (Å²) in [5.74, 6) is 0.720. The standard InChI is InChI=1S/C14H17F3O2/c1-7(13(18)19-14(15,16)17)12-10-3-8-2-9(5-10)6-11(12)4-8/h8-12H,1-6H2. The molecule has 0 N–H and O–H groups in total. The van der Waals surface area contributed by atoms with Gasteiger partial charge < -0.3 is 4.74 Å². The molecule has 4 bridgehead atoms. The summed E-state index contributed by atoms with van der Waals surface area (Å²) in [4.78, 5) is 11.5. The molecule has 0 amide bonds. The minimum Gasteiger partial charge on any atom is -0.369 e. The summed E-state index contributed by atoms with van der Waals surface area (Å²) in [7, 11) is 0. The molecule has 4 fully saturated rings. The first-order valence-corrected chi connectivity index (χ1v) is 6.82. The van der Waals surface area contributed by atoms with Gasteiger partial charge in [-0.3, -0.25) is 0 Å². The summed E-state index contributed by atoms with van der Waals surface area (Å²) < 4.78 is 39.8. The fourth-order valence-corrected chi connectivity index (χ4v) is 4.80. The second-order valence-corrected chi connectivity index (χ2v) is 6.32. The van der Waals surface area contributed by atoms with Crippen LogP contribution in [0.4, 0.5) is 13.2 Å². The zero-order chi connectivity index (χ0) is 13.8. The molecule has 0 unspecified atom stereocenters. The molecular weight excluding hydrogens is 257 g/mol. The van der Waals surface area contributed by atoms with E-state index in [0.29, 0.717) is 23.7 Å². The van der Waals surface area contributed by atoms with Gasteiger partial charge >= 0.3 is 12.3 Å². The van der Waals surface area contributed by atoms with Gasteiger partial charge in [0.15, 0.2) is 0 Å². The average molecular weight is 274 g/mol. The van der Waals surface area contributed by atoms with Gasteiger partial charge in [-0.05, 0) is 61.7 Å². The number of alkyl halides is 3. The van der Waals surface area contributed by atoms with Crippen molar-refractivity contribution in [3.63, 3.8) is 0 Å². The van der Waals surface area contributed by atoms with E-state index < -0.39 is 12.3 Å². The number of carbonyl (C=O) groups is 1. The van der Waals surface area contributed by atoms with Gasteiger partial charge in [-0.2, -0.15) is 0 Å². The van der Waals surface area contributed by atoms with Crippen molar-refractivity contribution >= 4 is 5.97 Å². The Morgan fingerprint density at radius 2 is 1.47 bits per heavy atom. The van der Waals surface area contributed by atoms with E-state index in [1.54, 1.807) is 0 Å². The third-order valence-corrected chi connectivity index (χ3v) is 5.10. The van der Waals surface area contributed by atoms with Crippen molar-refractivity contribution in [1.82, 2.24) is 0 Å². The van der Waals surface area contributed by atoms with Crippen LogP contribution in [0.15, 0.2) is 12.2 Å². The van der Waals surface area contributed by atoms with Crippen LogP contribution in [-0.4, -0.2) is 12.3 Å². The molecule has 0 spiro atoms. The maximum Gasteiger partial charge on any atom is 0.575 e. The number of esters is 1. The lowest BCUT2D eigenvalue weighted by Crippen LogP contribution is -2.46. The highest BCUT2D eigenvalue weighted by Crippen LogP contribution is 2.58. The van der Waals surface area contributed by atoms with Crippen LogP contribution in [-0.2, 0) is 9.53 Å². The predicted octanol–water partition coefficient (Wildman–Crippen LogP) is 3.68. The van der Waals surface area contributed by atoms with Crippen LogP contribution < -0.4 is 0 Å². The Bertz CT molecular complexity index is 385. The lowest BCUT2D eigenvalue weighted by molar-refractivity contribution is -0.304. The Hall–Kier alpha value is -1.00. The smallest absolute Gasteiger partial charge is 0.369 e. The number of rotatable bonds is 2. The number of hydrogen-bond donors (Lipinski definition) is 0. The van der Waals surface area contributed by atoms with E-state index in [1.807, 2.05) is 0 Å². The summed E-state index contributed by atoms with van der Waals surface area (Å²) in [6.45, 7) is 3.61. The van der Waals surface area contributed by atoms with Crippen molar-refractivity contribution in [3.05, 3.63) is 12.2 Å². The molecule has 19 heavy (non-hydrogen) atoms. The molecule has 106 valence electrons. The van der Waals surface area contributed by atoms with E-state index in [1.165, 1.54) is 6.42 Å². The SMILES string of the molecule is C=C(C(=O)OC(F)(F)F)C1C2CC3CC(C2)CC1C3. The fraction of sp³-hybridized carbons (Fsp3) is 0.786. The molecule has 4 rings (SSSR count). The Kier molecular flexibility index (Phi) is 2.91. The normalized spacial score (nSPS) is 40.3. The van der Waals surface area contributed by atoms with Crippen LogP contribution in [0.5, 0.6) is 0 Å². The second-order valence-electron chi connectivity index (χ2n) is 6.32. The molecule has 4 aliphatic rings. The highest BCUT2D eigenvalue weighted by Gasteiger charge is 2.50. The first-order valence-electron chi connectivity index (χ1n) is 6.82. The Morgan fingerprint density at radius 1 is 1.00 bits per heavy atom. The molecule has 4 saturated carbocycles. The van der Waals surface area contributed by atoms with E-state index in [-0.39, 0.29) is 11.5 Å². The number of carbonyl (C=O) groups excluding carboxylic acids is 1. The first kappa shape index (κ1) is 13.0. The van der Waals surface area contributed by atoms with Crippen molar-refractivity contribution in [1.29, 1.82) is 0 Å². The maximum atomic E-state index is 12.1. The Morgan fingerprint density at radius 3 is 1.89 bits per heavy atom. The summed E-state index contributed by atoms with van der Waals surface area (Å²) in [5, 5.41) is 0. The summed E-state index contributed by atoms with van der Waals surface area (Å²) in [6.07, 6.45) is 0.503. The molecule has 0 radical (unpaired) electrons. The summed E-state index contributed by atoms with van der Waals surface area (Å²) >= 11 is 0. The molecular formula is C14H17F3O2. The topological polar surface area (TPSA) is 26.3 Å². The monoisotopic (exact) mass is 274 g/mol. The third-order valence-electron chi connectivity index (χ3n) is 5.10. The molecule has 2 nitrogen and oxygen atoms in total. The lowest BCUT2D eigenvalue weighted by atomic mass is 9.50. The van der Waals surface area contributed by atoms with Crippen LogP contribution in [0.1, 0.15) is 32.1 Å². The van der Waals surface area contributed by atoms with Crippen LogP contribution in [0.2, 0.25) is 0 Å². The summed E-state index contributed by atoms with van der Waals surface area (Å²) in [6, 6.07) is 0. The van der Waals surface area contributed by atoms with E-state index in [9.17, 15) is 18.0 Å². The molecule has 0 saturated heterocycles. The van der Waals surface area contributed by atoms with Crippen LogP contribution >= 0.6 is 0 Å². The van der Waals surface area contributed by atoms with Crippen molar-refractivity contribution in [2.45, 2.75) is 38.5 Å². The molecule has 0 aromatic carbocycles. The molecule has 0 aromatic heterocycles. The quantitative estimate of drug-likeness (QED) is 0.567. The molecule has 4 aliphatic carbocycles. The minimum atomic E-state index is -4.91. The first-order chi connectivity index (χ1) is 8.83. The van der Waals surface area contributed by atoms with Gasteiger partial charge in [0, 0.05) is 5.57 Å². The van der Waals surface area contributed by atoms with Crippen molar-refractivity contribution in [2.24, 2.45) is 29.6 Å². The van der Waals surface area contributed by atoms with E-state index in [2.05, 4.69) is 11.3 Å². The van der Waals surface area contributed by atoms with Gasteiger partial charge in [0.1, 0.15) is 0 Å². The summed E-state index contributed by atoms with van der Waals surface area (Å²) in [5.41, 5.74) is 0.0334. The van der Waals surface area contributed by atoms with Gasteiger partial charge in [-0.15, -0.1) is 13.2 Å². The van der Waals surface area contributed by atoms with Crippen molar-refractivity contribution < 1.29 is 22.7 Å². The lowest BCUT2D eigenvalue weighted by Gasteiger charge is -2.54. The second kappa shape index (κ2) is 4.25. The zero-order valence-corrected chi connectivity index (χ0v) is 10.6. The van der Waals surface area contributed by atoms with Gasteiger partial charge in [-0.1, -0.05) is 6.58 Å². The molecule has 0 aliphatic heterocycles. The van der Waals surface area contributed by atoms with Crippen molar-refractivity contribution in [3.8, 4) is 0 Å². The number of ether oxygens (including phenoxy) is 1. The fourth-order valence-electron chi connectivity index (χ4n) is 4.80. The molecule has 5 heteroatoms. The Labute approximate surface area is 110 Å². The van der Waals surface area contributed by atoms with Crippen molar-refractivity contribution in [2.75, 3.05) is 0 Å². The number of halogens is 3. The minimum absolute atomic E-state index is 0.0334. The van der Waals surface area contributed by atoms with Gasteiger partial charge in [0.05, 0.1) is 0 Å². The predicted molar refractivity (Wildman–Crippen MR) is 61.8 cm³/mol. The highest BCUT2D eigenvalue weighted by atomic mass is 19.4. The Balaban J connectivity index is 1.72. The van der Waals surface area contributed by atoms with E-state index >= 15 is 0 Å². The van der Waals surface area contributed by atoms with Crippen LogP contribution in [0.3, 0.4) is 0 Å². The zero-order valence-electron chi connectivity index (χ0n) is 10.6. The van der Waals surface area contributed by atoms with E-state index in [0.717, 1.165) is 25.7 Å². The van der Waals surface area contributed by atoms with E-state index in [4.69, 9.17) is 0 Å².